The molecular formula is C48H32N2OS. The van der Waals surface area contributed by atoms with Crippen LogP contribution in [0.1, 0.15) is 35.6 Å². The second-order valence-corrected chi connectivity index (χ2v) is 15.3. The summed E-state index contributed by atoms with van der Waals surface area (Å²) in [7, 11) is 0. The van der Waals surface area contributed by atoms with E-state index in [1.165, 1.54) is 53.6 Å². The second kappa shape index (κ2) is 11.2. The topological polar surface area (TPSA) is 35.0 Å². The number of hydrogen-bond acceptors (Lipinski definition) is 4. The third-order valence-electron chi connectivity index (χ3n) is 11.1. The Kier molecular flexibility index (Phi) is 6.38. The molecule has 0 saturated heterocycles. The summed E-state index contributed by atoms with van der Waals surface area (Å²) in [6.07, 6.45) is 5.71. The van der Waals surface area contributed by atoms with E-state index in [2.05, 4.69) is 146 Å². The van der Waals surface area contributed by atoms with Crippen LogP contribution >= 0.6 is 11.3 Å². The number of ether oxygens (including phenoxy) is 1. The predicted molar refractivity (Wildman–Crippen MR) is 214 cm³/mol. The molecule has 0 bridgehead atoms. The van der Waals surface area contributed by atoms with Crippen molar-refractivity contribution in [1.29, 1.82) is 0 Å². The summed E-state index contributed by atoms with van der Waals surface area (Å²) in [6.45, 7) is 2.32. The summed E-state index contributed by atoms with van der Waals surface area (Å²) in [5.41, 5.74) is 12.2. The van der Waals surface area contributed by atoms with Crippen molar-refractivity contribution in [3.63, 3.8) is 0 Å². The summed E-state index contributed by atoms with van der Waals surface area (Å²) >= 11 is 1.83. The molecule has 0 amide bonds. The van der Waals surface area contributed by atoms with Crippen LogP contribution in [0.2, 0.25) is 0 Å². The molecule has 11 rings (SSSR count). The summed E-state index contributed by atoms with van der Waals surface area (Å²) < 4.78 is 9.42. The summed E-state index contributed by atoms with van der Waals surface area (Å²) in [6, 6.07) is 52.0. The van der Waals surface area contributed by atoms with E-state index < -0.39 is 5.41 Å². The standard InChI is InChI=1S/C48H32N2OS/c1-29-19-22-34-33-13-5-7-15-37(33)48(40(34)25-29)38-16-8-9-17-43(38)51-44-26-31(21-24-39(44)48)41-28-42(50-47(49-41)30-11-3-2-4-12-30)32-20-23-36-35-14-6-10-18-45(35)52-46(36)27-32/h2-24,26-29H,25H2,1H3/t29?,48-/m1/s1. The first-order chi connectivity index (χ1) is 25.6. The second-order valence-electron chi connectivity index (χ2n) is 14.2. The van der Waals surface area contributed by atoms with Gasteiger partial charge in [0.2, 0.25) is 0 Å². The maximum absolute atomic E-state index is 6.87. The van der Waals surface area contributed by atoms with Crippen LogP contribution in [0.15, 0.2) is 163 Å². The van der Waals surface area contributed by atoms with Gasteiger partial charge >= 0.3 is 0 Å². The lowest BCUT2D eigenvalue weighted by Gasteiger charge is -2.41. The predicted octanol–water partition coefficient (Wildman–Crippen LogP) is 12.6. The van der Waals surface area contributed by atoms with Gasteiger partial charge in [-0.25, -0.2) is 9.97 Å². The molecule has 246 valence electrons. The van der Waals surface area contributed by atoms with E-state index >= 15 is 0 Å². The van der Waals surface area contributed by atoms with Gasteiger partial charge in [-0.3, -0.25) is 0 Å². The molecule has 2 atom stereocenters. The molecule has 2 aromatic heterocycles. The zero-order chi connectivity index (χ0) is 34.4. The van der Waals surface area contributed by atoms with Crippen LogP contribution in [0.5, 0.6) is 11.5 Å². The van der Waals surface area contributed by atoms with Crippen molar-refractivity contribution in [3.8, 4) is 45.4 Å². The Bertz CT molecular complexity index is 2830. The summed E-state index contributed by atoms with van der Waals surface area (Å²) in [4.78, 5) is 10.4. The Hall–Kier alpha value is -6.10. The van der Waals surface area contributed by atoms with Crippen molar-refractivity contribution in [2.45, 2.75) is 18.8 Å². The summed E-state index contributed by atoms with van der Waals surface area (Å²) in [5.74, 6) is 2.93. The molecule has 8 aromatic rings. The van der Waals surface area contributed by atoms with Crippen LogP contribution in [0.3, 0.4) is 0 Å². The van der Waals surface area contributed by atoms with Crippen molar-refractivity contribution in [2.75, 3.05) is 0 Å². The highest BCUT2D eigenvalue weighted by Gasteiger charge is 2.52. The molecule has 0 saturated carbocycles. The Balaban J connectivity index is 1.11. The molecule has 4 heteroatoms. The minimum absolute atomic E-state index is 0.431. The van der Waals surface area contributed by atoms with Crippen LogP contribution in [0.25, 0.3) is 59.6 Å². The minimum Gasteiger partial charge on any atom is -0.457 e. The van der Waals surface area contributed by atoms with Gasteiger partial charge in [-0.15, -0.1) is 11.3 Å². The van der Waals surface area contributed by atoms with Crippen molar-refractivity contribution >= 4 is 37.1 Å². The first kappa shape index (κ1) is 29.6. The van der Waals surface area contributed by atoms with Crippen molar-refractivity contribution in [1.82, 2.24) is 9.97 Å². The molecule has 2 aliphatic carbocycles. The first-order valence-electron chi connectivity index (χ1n) is 18.0. The van der Waals surface area contributed by atoms with E-state index in [-0.39, 0.29) is 0 Å². The Morgan fingerprint density at radius 3 is 2.17 bits per heavy atom. The van der Waals surface area contributed by atoms with Gasteiger partial charge in [0.1, 0.15) is 11.5 Å². The monoisotopic (exact) mass is 684 g/mol. The fourth-order valence-corrected chi connectivity index (χ4v) is 9.99. The minimum atomic E-state index is -0.431. The van der Waals surface area contributed by atoms with Gasteiger partial charge in [-0.2, -0.15) is 0 Å². The fraction of sp³-hybridized carbons (Fsp3) is 0.0833. The van der Waals surface area contributed by atoms with E-state index in [1.54, 1.807) is 0 Å². The number of nitrogens with zero attached hydrogens (tertiary/aromatic N) is 2. The largest absolute Gasteiger partial charge is 0.457 e. The average Bonchev–Trinajstić information content (AvgIpc) is 3.71. The van der Waals surface area contributed by atoms with Gasteiger partial charge in [0, 0.05) is 48.0 Å². The van der Waals surface area contributed by atoms with E-state index in [0.717, 1.165) is 46.0 Å². The molecule has 1 spiro atoms. The number of benzene rings is 6. The van der Waals surface area contributed by atoms with Gasteiger partial charge in [0.15, 0.2) is 5.82 Å². The molecule has 3 aliphatic rings. The number of thiophene rings is 1. The van der Waals surface area contributed by atoms with E-state index in [0.29, 0.717) is 11.7 Å². The Morgan fingerprint density at radius 1 is 0.596 bits per heavy atom. The van der Waals surface area contributed by atoms with Gasteiger partial charge in [-0.05, 0) is 64.9 Å². The van der Waals surface area contributed by atoms with Crippen molar-refractivity contribution < 1.29 is 4.74 Å². The van der Waals surface area contributed by atoms with Crippen LogP contribution in [-0.2, 0) is 5.41 Å². The smallest absolute Gasteiger partial charge is 0.160 e. The number of allylic oxidation sites excluding steroid dienone is 4. The van der Waals surface area contributed by atoms with Gasteiger partial charge in [0.25, 0.3) is 0 Å². The van der Waals surface area contributed by atoms with Gasteiger partial charge in [-0.1, -0.05) is 134 Å². The van der Waals surface area contributed by atoms with E-state index in [4.69, 9.17) is 14.7 Å². The molecule has 0 radical (unpaired) electrons. The lowest BCUT2D eigenvalue weighted by molar-refractivity contribution is 0.429. The van der Waals surface area contributed by atoms with Crippen LogP contribution in [0.4, 0.5) is 0 Å². The Morgan fingerprint density at radius 2 is 1.29 bits per heavy atom. The quantitative estimate of drug-likeness (QED) is 0.186. The molecule has 0 N–H and O–H groups in total. The molecule has 6 aromatic carbocycles. The van der Waals surface area contributed by atoms with Gasteiger partial charge < -0.3 is 4.74 Å². The average molecular weight is 685 g/mol. The summed E-state index contributed by atoms with van der Waals surface area (Å²) in [5, 5.41) is 2.57. The van der Waals surface area contributed by atoms with E-state index in [9.17, 15) is 0 Å². The molecule has 52 heavy (non-hydrogen) atoms. The zero-order valence-corrected chi connectivity index (χ0v) is 29.3. The zero-order valence-electron chi connectivity index (χ0n) is 28.5. The molecule has 3 nitrogen and oxygen atoms in total. The van der Waals surface area contributed by atoms with Crippen molar-refractivity contribution in [3.05, 3.63) is 186 Å². The van der Waals surface area contributed by atoms with Crippen LogP contribution in [0, 0.1) is 5.92 Å². The SMILES string of the molecule is CC1C=CC2=C(C1)[C@@]1(c3ccccc3Oc3cc(-c4cc(-c5ccc6c(c5)sc5ccccc56)nc(-c5ccccc5)n4)ccc31)c1ccccc12. The number of rotatable bonds is 3. The molecule has 0 fully saturated rings. The number of fused-ring (bicyclic) bond motifs is 11. The lowest BCUT2D eigenvalue weighted by Crippen LogP contribution is -2.34. The molecule has 1 unspecified atom stereocenters. The fourth-order valence-electron chi connectivity index (χ4n) is 8.84. The molecular weight excluding hydrogens is 653 g/mol. The maximum atomic E-state index is 6.87. The van der Waals surface area contributed by atoms with Crippen LogP contribution in [-0.4, -0.2) is 9.97 Å². The highest BCUT2D eigenvalue weighted by atomic mass is 32.1. The highest BCUT2D eigenvalue weighted by molar-refractivity contribution is 7.25. The number of para-hydroxylation sites is 1. The highest BCUT2D eigenvalue weighted by Crippen LogP contribution is 2.63. The van der Waals surface area contributed by atoms with Gasteiger partial charge in [0.05, 0.1) is 16.8 Å². The lowest BCUT2D eigenvalue weighted by atomic mass is 9.63. The Labute approximate surface area is 306 Å². The maximum Gasteiger partial charge on any atom is 0.160 e. The third kappa shape index (κ3) is 4.25. The van der Waals surface area contributed by atoms with E-state index in [1.807, 2.05) is 29.5 Å². The van der Waals surface area contributed by atoms with Crippen LogP contribution < -0.4 is 4.74 Å². The number of hydrogen-bond donors (Lipinski definition) is 0. The van der Waals surface area contributed by atoms with Crippen molar-refractivity contribution in [2.24, 2.45) is 5.92 Å². The number of aromatic nitrogens is 2. The normalized spacial score (nSPS) is 18.3. The molecule has 3 heterocycles. The first-order valence-corrected chi connectivity index (χ1v) is 18.8. The molecule has 1 aliphatic heterocycles. The third-order valence-corrected chi connectivity index (χ3v) is 12.3.